The van der Waals surface area contributed by atoms with Crippen LogP contribution >= 0.6 is 0 Å². The molecule has 106 valence electrons. The molecule has 0 N–H and O–H groups in total. The highest BCUT2D eigenvalue weighted by Gasteiger charge is 2.37. The van der Waals surface area contributed by atoms with Crippen molar-refractivity contribution in [3.63, 3.8) is 0 Å². The summed E-state index contributed by atoms with van der Waals surface area (Å²) in [4.78, 5) is 26.0. The number of carbonyl (C=O) groups excluding carboxylic acids is 2. The Kier molecular flexibility index (Phi) is 3.70. The second kappa shape index (κ2) is 5.46. The van der Waals surface area contributed by atoms with Gasteiger partial charge in [0.25, 0.3) is 0 Å². The van der Waals surface area contributed by atoms with Crippen LogP contribution in [0.4, 0.5) is 0 Å². The van der Waals surface area contributed by atoms with E-state index in [-0.39, 0.29) is 11.8 Å². The fraction of sp³-hybridized carbons (Fsp3) is 0.846. The van der Waals surface area contributed by atoms with Gasteiger partial charge in [-0.2, -0.15) is 0 Å². The van der Waals surface area contributed by atoms with Gasteiger partial charge in [-0.1, -0.05) is 6.42 Å². The van der Waals surface area contributed by atoms with E-state index in [0.717, 1.165) is 6.54 Å². The van der Waals surface area contributed by atoms with Crippen LogP contribution in [0.5, 0.6) is 0 Å². The molecule has 2 heterocycles. The SMILES string of the molecule is O=C1C(=O)N(N2CCOCC2)CCN1CC1CCC1. The summed E-state index contributed by atoms with van der Waals surface area (Å²) in [6.07, 6.45) is 3.66. The summed E-state index contributed by atoms with van der Waals surface area (Å²) in [5, 5.41) is 3.56. The second-order valence-electron chi connectivity index (χ2n) is 5.54. The van der Waals surface area contributed by atoms with Gasteiger partial charge >= 0.3 is 11.8 Å². The molecule has 0 aromatic rings. The number of piperazine rings is 1. The monoisotopic (exact) mass is 267 g/mol. The number of morpholine rings is 1. The first kappa shape index (κ1) is 12.9. The molecule has 1 aliphatic carbocycles. The average Bonchev–Trinajstić information content (AvgIpc) is 2.39. The third-order valence-electron chi connectivity index (χ3n) is 4.32. The molecule has 0 aromatic heterocycles. The Balaban J connectivity index is 1.58. The lowest BCUT2D eigenvalue weighted by Crippen LogP contribution is -2.62. The van der Waals surface area contributed by atoms with Gasteiger partial charge in [0.1, 0.15) is 0 Å². The number of nitrogens with zero attached hydrogens (tertiary/aromatic N) is 3. The Labute approximate surface area is 113 Å². The van der Waals surface area contributed by atoms with Crippen LogP contribution < -0.4 is 0 Å². The Morgan fingerprint density at radius 1 is 1.00 bits per heavy atom. The first-order chi connectivity index (χ1) is 9.25. The lowest BCUT2D eigenvalue weighted by molar-refractivity contribution is -0.175. The highest BCUT2D eigenvalue weighted by atomic mass is 16.5. The largest absolute Gasteiger partial charge is 0.379 e. The molecule has 0 spiro atoms. The zero-order valence-electron chi connectivity index (χ0n) is 11.2. The number of hydrazine groups is 1. The van der Waals surface area contributed by atoms with Crippen LogP contribution in [-0.2, 0) is 14.3 Å². The van der Waals surface area contributed by atoms with Gasteiger partial charge in [0.2, 0.25) is 0 Å². The molecule has 6 nitrogen and oxygen atoms in total. The first-order valence-corrected chi connectivity index (χ1v) is 7.19. The number of rotatable bonds is 3. The molecule has 2 saturated heterocycles. The van der Waals surface area contributed by atoms with Crippen LogP contribution in [0, 0.1) is 5.92 Å². The third-order valence-corrected chi connectivity index (χ3v) is 4.32. The summed E-state index contributed by atoms with van der Waals surface area (Å²) >= 11 is 0. The molecule has 2 amide bonds. The molecule has 3 fully saturated rings. The fourth-order valence-electron chi connectivity index (χ4n) is 2.89. The van der Waals surface area contributed by atoms with E-state index < -0.39 is 0 Å². The molecule has 0 unspecified atom stereocenters. The van der Waals surface area contributed by atoms with Gasteiger partial charge in [-0.15, -0.1) is 0 Å². The minimum absolute atomic E-state index is 0.329. The molecular weight excluding hydrogens is 246 g/mol. The second-order valence-corrected chi connectivity index (χ2v) is 5.54. The molecule has 0 radical (unpaired) electrons. The molecule has 0 atom stereocenters. The van der Waals surface area contributed by atoms with Crippen molar-refractivity contribution in [2.75, 3.05) is 45.9 Å². The lowest BCUT2D eigenvalue weighted by Gasteiger charge is -2.42. The van der Waals surface area contributed by atoms with E-state index >= 15 is 0 Å². The van der Waals surface area contributed by atoms with E-state index in [1.165, 1.54) is 19.3 Å². The minimum atomic E-state index is -0.368. The summed E-state index contributed by atoms with van der Waals surface area (Å²) in [5.74, 6) is -0.0798. The van der Waals surface area contributed by atoms with E-state index in [4.69, 9.17) is 4.74 Å². The molecule has 3 rings (SSSR count). The molecule has 3 aliphatic rings. The zero-order chi connectivity index (χ0) is 13.2. The zero-order valence-corrected chi connectivity index (χ0v) is 11.2. The third kappa shape index (κ3) is 2.60. The van der Waals surface area contributed by atoms with Crippen molar-refractivity contribution < 1.29 is 14.3 Å². The Hall–Kier alpha value is -1.14. The van der Waals surface area contributed by atoms with Crippen molar-refractivity contribution in [3.05, 3.63) is 0 Å². The van der Waals surface area contributed by atoms with Gasteiger partial charge in [-0.05, 0) is 18.8 Å². The fourth-order valence-corrected chi connectivity index (χ4v) is 2.89. The summed E-state index contributed by atoms with van der Waals surface area (Å²) in [6.45, 7) is 4.70. The van der Waals surface area contributed by atoms with Crippen LogP contribution in [0.15, 0.2) is 0 Å². The maximum Gasteiger partial charge on any atom is 0.326 e. The number of ether oxygens (including phenoxy) is 1. The Morgan fingerprint density at radius 3 is 2.37 bits per heavy atom. The predicted molar refractivity (Wildman–Crippen MR) is 68.0 cm³/mol. The van der Waals surface area contributed by atoms with Crippen LogP contribution in [-0.4, -0.2) is 72.7 Å². The molecule has 0 aromatic carbocycles. The highest BCUT2D eigenvalue weighted by molar-refractivity contribution is 6.35. The number of hydrogen-bond acceptors (Lipinski definition) is 4. The van der Waals surface area contributed by atoms with E-state index in [1.807, 2.05) is 5.01 Å². The quantitative estimate of drug-likeness (QED) is 0.659. The maximum atomic E-state index is 12.2. The molecule has 0 bridgehead atoms. The Bertz CT molecular complexity index is 364. The number of hydrogen-bond donors (Lipinski definition) is 0. The highest BCUT2D eigenvalue weighted by Crippen LogP contribution is 2.27. The van der Waals surface area contributed by atoms with Gasteiger partial charge in [-0.3, -0.25) is 14.6 Å². The van der Waals surface area contributed by atoms with E-state index in [9.17, 15) is 9.59 Å². The van der Waals surface area contributed by atoms with Gasteiger partial charge in [-0.25, -0.2) is 5.01 Å². The van der Waals surface area contributed by atoms with Gasteiger partial charge in [0.05, 0.1) is 19.8 Å². The number of amides is 2. The van der Waals surface area contributed by atoms with E-state index in [0.29, 0.717) is 45.3 Å². The lowest BCUT2D eigenvalue weighted by atomic mass is 9.85. The first-order valence-electron chi connectivity index (χ1n) is 7.19. The molecule has 19 heavy (non-hydrogen) atoms. The smallest absolute Gasteiger partial charge is 0.326 e. The normalized spacial score (nSPS) is 26.7. The van der Waals surface area contributed by atoms with Gasteiger partial charge in [0, 0.05) is 26.2 Å². The van der Waals surface area contributed by atoms with E-state index in [2.05, 4.69) is 0 Å². The number of carbonyl (C=O) groups is 2. The van der Waals surface area contributed by atoms with Gasteiger partial charge in [0.15, 0.2) is 0 Å². The predicted octanol–water partition coefficient (Wildman–Crippen LogP) is -0.295. The van der Waals surface area contributed by atoms with Crippen molar-refractivity contribution in [1.82, 2.24) is 14.9 Å². The van der Waals surface area contributed by atoms with Crippen LogP contribution in [0.25, 0.3) is 0 Å². The summed E-state index contributed by atoms with van der Waals surface area (Å²) in [7, 11) is 0. The van der Waals surface area contributed by atoms with Gasteiger partial charge < -0.3 is 9.64 Å². The summed E-state index contributed by atoms with van der Waals surface area (Å²) in [6, 6.07) is 0. The van der Waals surface area contributed by atoms with Crippen molar-refractivity contribution >= 4 is 11.8 Å². The minimum Gasteiger partial charge on any atom is -0.379 e. The Morgan fingerprint density at radius 2 is 1.74 bits per heavy atom. The van der Waals surface area contributed by atoms with Crippen molar-refractivity contribution in [2.45, 2.75) is 19.3 Å². The summed E-state index contributed by atoms with van der Waals surface area (Å²) in [5.41, 5.74) is 0. The van der Waals surface area contributed by atoms with Crippen LogP contribution in [0.1, 0.15) is 19.3 Å². The van der Waals surface area contributed by atoms with Crippen molar-refractivity contribution in [3.8, 4) is 0 Å². The summed E-state index contributed by atoms with van der Waals surface area (Å²) < 4.78 is 5.27. The standard InChI is InChI=1S/C13H21N3O3/c17-12-13(18)16(15-6-8-19-9-7-15)5-4-14(12)10-11-2-1-3-11/h11H,1-10H2. The van der Waals surface area contributed by atoms with Crippen LogP contribution in [0.2, 0.25) is 0 Å². The maximum absolute atomic E-state index is 12.2. The topological polar surface area (TPSA) is 53.1 Å². The van der Waals surface area contributed by atoms with Crippen molar-refractivity contribution in [1.29, 1.82) is 0 Å². The molecule has 1 saturated carbocycles. The molecule has 6 heteroatoms. The molecular formula is C13H21N3O3. The van der Waals surface area contributed by atoms with Crippen molar-refractivity contribution in [2.24, 2.45) is 5.92 Å². The van der Waals surface area contributed by atoms with E-state index in [1.54, 1.807) is 9.91 Å². The average molecular weight is 267 g/mol. The van der Waals surface area contributed by atoms with Crippen LogP contribution in [0.3, 0.4) is 0 Å². The molecule has 2 aliphatic heterocycles.